The van der Waals surface area contributed by atoms with Gasteiger partial charge in [0.15, 0.2) is 5.13 Å². The number of hydrogen-bond donors (Lipinski definition) is 2. The topological polar surface area (TPSA) is 88.3 Å². The summed E-state index contributed by atoms with van der Waals surface area (Å²) >= 11 is 1.29. The number of hydrogen-bond acceptors (Lipinski definition) is 6. The van der Waals surface area contributed by atoms with Gasteiger partial charge in [0.25, 0.3) is 5.91 Å². The quantitative estimate of drug-likeness (QED) is 0.857. The summed E-state index contributed by atoms with van der Waals surface area (Å²) in [5, 5.41) is 3.81. The maximum absolute atomic E-state index is 12.3. The summed E-state index contributed by atoms with van der Waals surface area (Å²) in [6.07, 6.45) is 0.987. The standard InChI is InChI=1S/C11H18N4O2S2/c1-2-3-13-11-14-9(12)8(18-11)10(16)15-4-6-19(17)7-5-15/h2-7,12H2,1H3,(H,13,14). The molecule has 0 spiro atoms. The van der Waals surface area contributed by atoms with Gasteiger partial charge in [0.05, 0.1) is 0 Å². The summed E-state index contributed by atoms with van der Waals surface area (Å²) in [5.41, 5.74) is 5.80. The predicted molar refractivity (Wildman–Crippen MR) is 79.1 cm³/mol. The first-order valence-corrected chi connectivity index (χ1v) is 8.56. The van der Waals surface area contributed by atoms with E-state index in [1.54, 1.807) is 4.90 Å². The van der Waals surface area contributed by atoms with Crippen LogP contribution in [0.5, 0.6) is 0 Å². The molecule has 2 rings (SSSR count). The Labute approximate surface area is 118 Å². The van der Waals surface area contributed by atoms with Crippen LogP contribution in [0.25, 0.3) is 0 Å². The average molecular weight is 302 g/mol. The number of thiazole rings is 1. The number of aromatic nitrogens is 1. The number of carbonyl (C=O) groups is 1. The van der Waals surface area contributed by atoms with Gasteiger partial charge in [-0.05, 0) is 6.42 Å². The number of nitrogens with zero attached hydrogens (tertiary/aromatic N) is 2. The summed E-state index contributed by atoms with van der Waals surface area (Å²) in [7, 11) is -0.788. The van der Waals surface area contributed by atoms with Gasteiger partial charge in [0.1, 0.15) is 10.7 Å². The Balaban J connectivity index is 2.06. The van der Waals surface area contributed by atoms with Crippen LogP contribution in [-0.4, -0.2) is 51.1 Å². The number of amides is 1. The molecule has 106 valence electrons. The minimum absolute atomic E-state index is 0.101. The van der Waals surface area contributed by atoms with Crippen molar-refractivity contribution >= 4 is 39.0 Å². The number of carbonyl (C=O) groups excluding carboxylic acids is 1. The number of nitrogen functional groups attached to an aromatic ring is 1. The van der Waals surface area contributed by atoms with Crippen LogP contribution in [0.1, 0.15) is 23.0 Å². The Bertz CT molecular complexity index is 479. The highest BCUT2D eigenvalue weighted by atomic mass is 32.2. The Morgan fingerprint density at radius 1 is 1.53 bits per heavy atom. The third kappa shape index (κ3) is 3.44. The molecule has 0 aliphatic carbocycles. The average Bonchev–Trinajstić information content (AvgIpc) is 2.77. The molecule has 0 aromatic carbocycles. The van der Waals surface area contributed by atoms with Crippen LogP contribution < -0.4 is 11.1 Å². The molecule has 3 N–H and O–H groups in total. The van der Waals surface area contributed by atoms with Crippen molar-refractivity contribution in [3.8, 4) is 0 Å². The van der Waals surface area contributed by atoms with E-state index in [0.717, 1.165) is 13.0 Å². The Morgan fingerprint density at radius 2 is 2.21 bits per heavy atom. The minimum atomic E-state index is -0.788. The van der Waals surface area contributed by atoms with E-state index in [1.807, 2.05) is 0 Å². The van der Waals surface area contributed by atoms with Gasteiger partial charge in [-0.1, -0.05) is 18.3 Å². The zero-order valence-electron chi connectivity index (χ0n) is 10.8. The summed E-state index contributed by atoms with van der Waals surface area (Å²) in [4.78, 5) is 18.6. The zero-order chi connectivity index (χ0) is 13.8. The SMILES string of the molecule is CCCNc1nc(N)c(C(=O)N2CCS(=O)CC2)s1. The fourth-order valence-corrected chi connectivity index (χ4v) is 3.71. The molecule has 1 aromatic rings. The molecular weight excluding hydrogens is 284 g/mol. The molecule has 1 saturated heterocycles. The molecule has 2 heterocycles. The predicted octanol–water partition coefficient (Wildman–Crippen LogP) is 0.752. The van der Waals surface area contributed by atoms with Crippen LogP contribution in [0.3, 0.4) is 0 Å². The number of rotatable bonds is 4. The van der Waals surface area contributed by atoms with Crippen LogP contribution in [-0.2, 0) is 10.8 Å². The number of anilines is 2. The summed E-state index contributed by atoms with van der Waals surface area (Å²) in [6.45, 7) is 3.92. The first kappa shape index (κ1) is 14.3. The van der Waals surface area contributed by atoms with Gasteiger partial charge in [-0.3, -0.25) is 9.00 Å². The lowest BCUT2D eigenvalue weighted by Crippen LogP contribution is -2.41. The van der Waals surface area contributed by atoms with Crippen LogP contribution >= 0.6 is 11.3 Å². The van der Waals surface area contributed by atoms with Gasteiger partial charge in [0.2, 0.25) is 0 Å². The highest BCUT2D eigenvalue weighted by Crippen LogP contribution is 2.26. The second-order valence-corrected chi connectivity index (χ2v) is 7.00. The van der Waals surface area contributed by atoms with Gasteiger partial charge < -0.3 is 16.0 Å². The summed E-state index contributed by atoms with van der Waals surface area (Å²) < 4.78 is 11.3. The van der Waals surface area contributed by atoms with E-state index in [0.29, 0.717) is 34.6 Å². The first-order valence-electron chi connectivity index (χ1n) is 6.26. The third-order valence-corrected chi connectivity index (χ3v) is 5.13. The van der Waals surface area contributed by atoms with Crippen LogP contribution in [0, 0.1) is 0 Å². The van der Waals surface area contributed by atoms with E-state index < -0.39 is 10.8 Å². The molecule has 1 aliphatic rings. The maximum atomic E-state index is 12.3. The molecule has 19 heavy (non-hydrogen) atoms. The van der Waals surface area contributed by atoms with Crippen molar-refractivity contribution in [3.63, 3.8) is 0 Å². The maximum Gasteiger partial charge on any atom is 0.267 e. The Morgan fingerprint density at radius 3 is 2.84 bits per heavy atom. The van der Waals surface area contributed by atoms with E-state index in [9.17, 15) is 9.00 Å². The molecule has 0 unspecified atom stereocenters. The van der Waals surface area contributed by atoms with Crippen molar-refractivity contribution < 1.29 is 9.00 Å². The molecule has 1 amide bonds. The van der Waals surface area contributed by atoms with Crippen LogP contribution in [0.2, 0.25) is 0 Å². The third-order valence-electron chi connectivity index (χ3n) is 2.84. The lowest BCUT2D eigenvalue weighted by Gasteiger charge is -2.25. The van der Waals surface area contributed by atoms with E-state index in [1.165, 1.54) is 11.3 Å². The van der Waals surface area contributed by atoms with Crippen LogP contribution in [0.4, 0.5) is 10.9 Å². The van der Waals surface area contributed by atoms with Crippen LogP contribution in [0.15, 0.2) is 0 Å². The van der Waals surface area contributed by atoms with Crippen molar-refractivity contribution in [2.45, 2.75) is 13.3 Å². The van der Waals surface area contributed by atoms with Gasteiger partial charge >= 0.3 is 0 Å². The first-order chi connectivity index (χ1) is 9.11. The fraction of sp³-hybridized carbons (Fsp3) is 0.636. The molecule has 1 fully saturated rings. The fourth-order valence-electron chi connectivity index (χ4n) is 1.78. The lowest BCUT2D eigenvalue weighted by molar-refractivity contribution is 0.0777. The molecule has 1 aromatic heterocycles. The molecular formula is C11H18N4O2S2. The second kappa shape index (κ2) is 6.33. The number of nitrogens with two attached hydrogens (primary N) is 1. The normalized spacial score (nSPS) is 16.6. The lowest BCUT2D eigenvalue weighted by atomic mass is 10.4. The molecule has 0 bridgehead atoms. The monoisotopic (exact) mass is 302 g/mol. The molecule has 1 aliphatic heterocycles. The van der Waals surface area contributed by atoms with Crippen molar-refractivity contribution in [1.29, 1.82) is 0 Å². The summed E-state index contributed by atoms with van der Waals surface area (Å²) in [5.74, 6) is 1.27. The highest BCUT2D eigenvalue weighted by Gasteiger charge is 2.25. The van der Waals surface area contributed by atoms with Crippen molar-refractivity contribution in [2.75, 3.05) is 42.2 Å². The molecule has 0 saturated carbocycles. The van der Waals surface area contributed by atoms with Gasteiger partial charge in [-0.25, -0.2) is 4.98 Å². The molecule has 0 atom stereocenters. The zero-order valence-corrected chi connectivity index (χ0v) is 12.5. The Hall–Kier alpha value is -1.15. The van der Waals surface area contributed by atoms with E-state index in [4.69, 9.17) is 5.73 Å². The van der Waals surface area contributed by atoms with Crippen molar-refractivity contribution in [1.82, 2.24) is 9.88 Å². The van der Waals surface area contributed by atoms with Gasteiger partial charge in [-0.2, -0.15) is 0 Å². The van der Waals surface area contributed by atoms with E-state index >= 15 is 0 Å². The second-order valence-electron chi connectivity index (χ2n) is 4.30. The Kier molecular flexibility index (Phi) is 4.76. The van der Waals surface area contributed by atoms with Gasteiger partial charge in [-0.15, -0.1) is 0 Å². The molecule has 8 heteroatoms. The largest absolute Gasteiger partial charge is 0.382 e. The van der Waals surface area contributed by atoms with Crippen molar-refractivity contribution in [3.05, 3.63) is 4.88 Å². The minimum Gasteiger partial charge on any atom is -0.382 e. The van der Waals surface area contributed by atoms with E-state index in [2.05, 4.69) is 17.2 Å². The highest BCUT2D eigenvalue weighted by molar-refractivity contribution is 7.85. The van der Waals surface area contributed by atoms with Gasteiger partial charge in [0, 0.05) is 41.9 Å². The van der Waals surface area contributed by atoms with E-state index in [-0.39, 0.29) is 11.7 Å². The smallest absolute Gasteiger partial charge is 0.267 e. The van der Waals surface area contributed by atoms with Crippen molar-refractivity contribution in [2.24, 2.45) is 0 Å². The molecule has 0 radical (unpaired) electrons. The summed E-state index contributed by atoms with van der Waals surface area (Å²) in [6, 6.07) is 0. The molecule has 6 nitrogen and oxygen atoms in total. The number of nitrogens with one attached hydrogen (secondary N) is 1.